The standard InChI is InChI=1S/C19H20N2OS/c1-21(2)17(18-8-5-11-23-18)13-20-19(22)16-10-9-14-6-3-4-7-15(14)12-16/h3-12,17H,13H2,1-2H3,(H,20,22)/t17-/m0/s1. The second-order valence-electron chi connectivity index (χ2n) is 5.77. The molecule has 0 saturated carbocycles. The van der Waals surface area contributed by atoms with Gasteiger partial charge in [0.15, 0.2) is 0 Å². The molecule has 3 rings (SSSR count). The Labute approximate surface area is 140 Å². The lowest BCUT2D eigenvalue weighted by atomic mass is 10.1. The highest BCUT2D eigenvalue weighted by Gasteiger charge is 2.16. The smallest absolute Gasteiger partial charge is 0.251 e. The monoisotopic (exact) mass is 324 g/mol. The number of fused-ring (bicyclic) bond motifs is 1. The van der Waals surface area contributed by atoms with Crippen LogP contribution in [0.4, 0.5) is 0 Å². The third-order valence-electron chi connectivity index (χ3n) is 3.96. The molecule has 1 N–H and O–H groups in total. The number of nitrogens with one attached hydrogen (secondary N) is 1. The van der Waals surface area contributed by atoms with Gasteiger partial charge in [-0.1, -0.05) is 36.4 Å². The van der Waals surface area contributed by atoms with Gasteiger partial charge in [0.1, 0.15) is 0 Å². The molecule has 3 aromatic rings. The summed E-state index contributed by atoms with van der Waals surface area (Å²) in [5.74, 6) is -0.0286. The molecule has 1 aromatic heterocycles. The van der Waals surface area contributed by atoms with Crippen LogP contribution in [0, 0.1) is 0 Å². The van der Waals surface area contributed by atoms with Gasteiger partial charge in [-0.3, -0.25) is 4.79 Å². The average molecular weight is 324 g/mol. The highest BCUT2D eigenvalue weighted by atomic mass is 32.1. The summed E-state index contributed by atoms with van der Waals surface area (Å²) in [5.41, 5.74) is 0.701. The second-order valence-corrected chi connectivity index (χ2v) is 6.75. The number of carbonyl (C=O) groups is 1. The van der Waals surface area contributed by atoms with E-state index in [1.807, 2.05) is 56.6 Å². The molecule has 0 aliphatic heterocycles. The van der Waals surface area contributed by atoms with Gasteiger partial charge in [-0.2, -0.15) is 0 Å². The first-order valence-electron chi connectivity index (χ1n) is 7.62. The molecule has 0 saturated heterocycles. The Morgan fingerprint density at radius 3 is 2.57 bits per heavy atom. The highest BCUT2D eigenvalue weighted by molar-refractivity contribution is 7.10. The summed E-state index contributed by atoms with van der Waals surface area (Å²) in [6, 6.07) is 18.2. The molecule has 1 atom stereocenters. The number of benzene rings is 2. The molecule has 2 aromatic carbocycles. The van der Waals surface area contributed by atoms with Crippen molar-refractivity contribution in [2.24, 2.45) is 0 Å². The summed E-state index contributed by atoms with van der Waals surface area (Å²) in [6.07, 6.45) is 0. The Kier molecular flexibility index (Phi) is 4.74. The molecule has 0 radical (unpaired) electrons. The number of carbonyl (C=O) groups excluding carboxylic acids is 1. The summed E-state index contributed by atoms with van der Waals surface area (Å²) in [7, 11) is 4.07. The topological polar surface area (TPSA) is 32.3 Å². The molecule has 0 aliphatic rings. The number of thiophene rings is 1. The van der Waals surface area contributed by atoms with E-state index in [-0.39, 0.29) is 11.9 Å². The molecule has 118 valence electrons. The lowest BCUT2D eigenvalue weighted by Gasteiger charge is -2.23. The molecule has 1 heterocycles. The van der Waals surface area contributed by atoms with Crippen molar-refractivity contribution in [2.45, 2.75) is 6.04 Å². The molecule has 23 heavy (non-hydrogen) atoms. The minimum absolute atomic E-state index is 0.0286. The maximum Gasteiger partial charge on any atom is 0.251 e. The van der Waals surface area contributed by atoms with Gasteiger partial charge in [-0.05, 0) is 48.4 Å². The van der Waals surface area contributed by atoms with Gasteiger partial charge in [0, 0.05) is 17.0 Å². The molecule has 4 heteroatoms. The van der Waals surface area contributed by atoms with Gasteiger partial charge >= 0.3 is 0 Å². The van der Waals surface area contributed by atoms with Gasteiger partial charge in [0.25, 0.3) is 5.91 Å². The summed E-state index contributed by atoms with van der Waals surface area (Å²) >= 11 is 1.72. The molecule has 0 spiro atoms. The Bertz CT molecular complexity index is 796. The number of amides is 1. The van der Waals surface area contributed by atoms with Crippen LogP contribution in [0.3, 0.4) is 0 Å². The molecule has 0 unspecified atom stereocenters. The molecule has 0 fully saturated rings. The number of hydrogen-bond donors (Lipinski definition) is 1. The Morgan fingerprint density at radius 1 is 1.09 bits per heavy atom. The van der Waals surface area contributed by atoms with Gasteiger partial charge in [-0.25, -0.2) is 0 Å². The first-order chi connectivity index (χ1) is 11.1. The van der Waals surface area contributed by atoms with Gasteiger partial charge in [-0.15, -0.1) is 11.3 Å². The maximum absolute atomic E-state index is 12.5. The van der Waals surface area contributed by atoms with Crippen molar-refractivity contribution in [3.05, 3.63) is 70.4 Å². The number of likely N-dealkylation sites (N-methyl/N-ethyl adjacent to an activating group) is 1. The van der Waals surface area contributed by atoms with Crippen LogP contribution in [0.15, 0.2) is 60.0 Å². The Balaban J connectivity index is 1.72. The van der Waals surface area contributed by atoms with Gasteiger partial charge in [0.2, 0.25) is 0 Å². The highest BCUT2D eigenvalue weighted by Crippen LogP contribution is 2.22. The lowest BCUT2D eigenvalue weighted by Crippen LogP contribution is -2.34. The fourth-order valence-electron chi connectivity index (χ4n) is 2.64. The van der Waals surface area contributed by atoms with Crippen LogP contribution in [0.5, 0.6) is 0 Å². The zero-order chi connectivity index (χ0) is 16.2. The van der Waals surface area contributed by atoms with E-state index in [1.54, 1.807) is 11.3 Å². The zero-order valence-electron chi connectivity index (χ0n) is 13.3. The van der Waals surface area contributed by atoms with Crippen molar-refractivity contribution in [1.82, 2.24) is 10.2 Å². The first-order valence-corrected chi connectivity index (χ1v) is 8.50. The third kappa shape index (κ3) is 3.60. The molecule has 0 bridgehead atoms. The lowest BCUT2D eigenvalue weighted by molar-refractivity contribution is 0.0942. The first kappa shape index (κ1) is 15.7. The second kappa shape index (κ2) is 6.94. The molecular formula is C19H20N2OS. The van der Waals surface area contributed by atoms with Crippen LogP contribution in [0.1, 0.15) is 21.3 Å². The largest absolute Gasteiger partial charge is 0.350 e. The number of rotatable bonds is 5. The fourth-order valence-corrected chi connectivity index (χ4v) is 3.56. The van der Waals surface area contributed by atoms with E-state index < -0.39 is 0 Å². The average Bonchev–Trinajstić information content (AvgIpc) is 3.08. The molecule has 3 nitrogen and oxygen atoms in total. The third-order valence-corrected chi connectivity index (χ3v) is 4.94. The van der Waals surface area contributed by atoms with Crippen LogP contribution >= 0.6 is 11.3 Å². The number of hydrogen-bond acceptors (Lipinski definition) is 3. The van der Waals surface area contributed by atoms with E-state index in [0.29, 0.717) is 12.1 Å². The van der Waals surface area contributed by atoms with E-state index in [1.165, 1.54) is 4.88 Å². The summed E-state index contributed by atoms with van der Waals surface area (Å²) in [5, 5.41) is 7.36. The van der Waals surface area contributed by atoms with Gasteiger partial charge < -0.3 is 10.2 Å². The quantitative estimate of drug-likeness (QED) is 0.771. The van der Waals surface area contributed by atoms with Crippen molar-refractivity contribution < 1.29 is 4.79 Å². The minimum Gasteiger partial charge on any atom is -0.350 e. The minimum atomic E-state index is -0.0286. The normalized spacial score (nSPS) is 12.5. The van der Waals surface area contributed by atoms with Crippen LogP contribution in [-0.2, 0) is 0 Å². The molecule has 0 aliphatic carbocycles. The number of nitrogens with zero attached hydrogens (tertiary/aromatic N) is 1. The van der Waals surface area contributed by atoms with Crippen LogP contribution in [0.25, 0.3) is 10.8 Å². The van der Waals surface area contributed by atoms with Crippen molar-refractivity contribution in [2.75, 3.05) is 20.6 Å². The van der Waals surface area contributed by atoms with E-state index in [4.69, 9.17) is 0 Å². The SMILES string of the molecule is CN(C)[C@@H](CNC(=O)c1ccc2ccccc2c1)c1cccs1. The van der Waals surface area contributed by atoms with E-state index in [2.05, 4.69) is 27.7 Å². The summed E-state index contributed by atoms with van der Waals surface area (Å²) < 4.78 is 0. The van der Waals surface area contributed by atoms with Crippen LogP contribution in [0.2, 0.25) is 0 Å². The summed E-state index contributed by atoms with van der Waals surface area (Å²) in [6.45, 7) is 0.596. The summed E-state index contributed by atoms with van der Waals surface area (Å²) in [4.78, 5) is 15.8. The predicted octanol–water partition coefficient (Wildman–Crippen LogP) is 3.93. The fraction of sp³-hybridized carbons (Fsp3) is 0.211. The van der Waals surface area contributed by atoms with E-state index in [9.17, 15) is 4.79 Å². The van der Waals surface area contributed by atoms with Crippen LogP contribution in [-0.4, -0.2) is 31.4 Å². The predicted molar refractivity (Wildman–Crippen MR) is 97.0 cm³/mol. The molecular weight excluding hydrogens is 304 g/mol. The van der Waals surface area contributed by atoms with Crippen LogP contribution < -0.4 is 5.32 Å². The van der Waals surface area contributed by atoms with E-state index >= 15 is 0 Å². The zero-order valence-corrected chi connectivity index (χ0v) is 14.1. The van der Waals surface area contributed by atoms with E-state index in [0.717, 1.165) is 10.8 Å². The van der Waals surface area contributed by atoms with Crippen molar-refractivity contribution in [3.8, 4) is 0 Å². The Morgan fingerprint density at radius 2 is 1.87 bits per heavy atom. The van der Waals surface area contributed by atoms with Crippen molar-refractivity contribution >= 4 is 28.0 Å². The maximum atomic E-state index is 12.5. The van der Waals surface area contributed by atoms with Crippen molar-refractivity contribution in [1.29, 1.82) is 0 Å². The Hall–Kier alpha value is -2.17. The molecule has 1 amide bonds. The van der Waals surface area contributed by atoms with Crippen molar-refractivity contribution in [3.63, 3.8) is 0 Å². The van der Waals surface area contributed by atoms with Gasteiger partial charge in [0.05, 0.1) is 6.04 Å².